The van der Waals surface area contributed by atoms with Crippen LogP contribution >= 0.6 is 15.9 Å². The van der Waals surface area contributed by atoms with Crippen LogP contribution < -0.4 is 10.6 Å². The third-order valence-electron chi connectivity index (χ3n) is 3.75. The predicted octanol–water partition coefficient (Wildman–Crippen LogP) is 5.07. The third kappa shape index (κ3) is 4.99. The average molecular weight is 453 g/mol. The molecule has 1 aromatic heterocycles. The molecule has 3 aromatic rings. The van der Waals surface area contributed by atoms with Crippen LogP contribution in [0.4, 0.5) is 30.6 Å². The first-order valence-corrected chi connectivity index (χ1v) is 9.09. The van der Waals surface area contributed by atoms with Gasteiger partial charge in [0.15, 0.2) is 0 Å². The lowest BCUT2D eigenvalue weighted by Crippen LogP contribution is -2.10. The number of nitrogens with zero attached hydrogens (tertiary/aromatic N) is 2. The largest absolute Gasteiger partial charge is 0.416 e. The fourth-order valence-electron chi connectivity index (χ4n) is 2.45. The van der Waals surface area contributed by atoms with Crippen molar-refractivity contribution in [2.45, 2.75) is 6.18 Å². The Morgan fingerprint density at radius 3 is 2.39 bits per heavy atom. The molecule has 146 valence electrons. The average Bonchev–Trinajstić information content (AvgIpc) is 2.67. The van der Waals surface area contributed by atoms with Crippen molar-refractivity contribution >= 4 is 33.4 Å². The van der Waals surface area contributed by atoms with E-state index in [0.717, 1.165) is 17.7 Å². The smallest absolute Gasteiger partial charge is 0.395 e. The fourth-order valence-corrected chi connectivity index (χ4v) is 2.92. The van der Waals surface area contributed by atoms with E-state index in [-0.39, 0.29) is 17.6 Å². The van der Waals surface area contributed by atoms with E-state index in [4.69, 9.17) is 5.11 Å². The van der Waals surface area contributed by atoms with Crippen LogP contribution in [0, 0.1) is 0 Å². The summed E-state index contributed by atoms with van der Waals surface area (Å²) >= 11 is 3.17. The lowest BCUT2D eigenvalue weighted by atomic mass is 10.1. The SMILES string of the molecule is OCCNc1nc(Nc2ccc(C(F)(F)F)cc2Br)cc(-c2ccccc2)n1. The summed E-state index contributed by atoms with van der Waals surface area (Å²) in [5, 5.41) is 14.9. The number of aliphatic hydroxyl groups is 1. The number of anilines is 3. The molecule has 0 atom stereocenters. The van der Waals surface area contributed by atoms with Crippen molar-refractivity contribution in [1.82, 2.24) is 9.97 Å². The summed E-state index contributed by atoms with van der Waals surface area (Å²) in [5.41, 5.74) is 1.16. The standard InChI is InChI=1S/C19H16BrF3N4O/c20-14-10-13(19(21,22)23)6-7-15(14)25-17-11-16(12-4-2-1-3-5-12)26-18(27-17)24-8-9-28/h1-7,10-11,28H,8-9H2,(H2,24,25,26,27). The van der Waals surface area contributed by atoms with E-state index in [1.807, 2.05) is 30.3 Å². The Bertz CT molecular complexity index is 952. The van der Waals surface area contributed by atoms with Gasteiger partial charge in [-0.3, -0.25) is 0 Å². The van der Waals surface area contributed by atoms with Gasteiger partial charge >= 0.3 is 6.18 Å². The van der Waals surface area contributed by atoms with Crippen LogP contribution in [0.5, 0.6) is 0 Å². The molecule has 0 amide bonds. The Morgan fingerprint density at radius 1 is 1.00 bits per heavy atom. The second-order valence-corrected chi connectivity index (χ2v) is 6.65. The number of benzene rings is 2. The van der Waals surface area contributed by atoms with E-state index in [2.05, 4.69) is 36.5 Å². The summed E-state index contributed by atoms with van der Waals surface area (Å²) in [6, 6.07) is 14.4. The minimum absolute atomic E-state index is 0.0911. The molecular weight excluding hydrogens is 437 g/mol. The zero-order chi connectivity index (χ0) is 20.1. The summed E-state index contributed by atoms with van der Waals surface area (Å²) in [7, 11) is 0. The normalized spacial score (nSPS) is 11.3. The number of hydrogen-bond acceptors (Lipinski definition) is 5. The Balaban J connectivity index is 1.95. The monoisotopic (exact) mass is 452 g/mol. The van der Waals surface area contributed by atoms with Gasteiger partial charge in [-0.2, -0.15) is 18.2 Å². The minimum atomic E-state index is -4.42. The zero-order valence-corrected chi connectivity index (χ0v) is 16.0. The molecule has 0 spiro atoms. The van der Waals surface area contributed by atoms with E-state index in [1.54, 1.807) is 6.07 Å². The summed E-state index contributed by atoms with van der Waals surface area (Å²) in [6.07, 6.45) is -4.42. The molecule has 0 saturated carbocycles. The molecular formula is C19H16BrF3N4O. The number of halogens is 4. The lowest BCUT2D eigenvalue weighted by Gasteiger charge is -2.13. The fraction of sp³-hybridized carbons (Fsp3) is 0.158. The molecule has 0 bridgehead atoms. The third-order valence-corrected chi connectivity index (χ3v) is 4.41. The molecule has 1 heterocycles. The topological polar surface area (TPSA) is 70.1 Å². The summed E-state index contributed by atoms with van der Waals surface area (Å²) in [4.78, 5) is 8.73. The summed E-state index contributed by atoms with van der Waals surface area (Å²) < 4.78 is 38.8. The predicted molar refractivity (Wildman–Crippen MR) is 105 cm³/mol. The molecule has 0 fully saturated rings. The van der Waals surface area contributed by atoms with Crippen LogP contribution in [0.25, 0.3) is 11.3 Å². The minimum Gasteiger partial charge on any atom is -0.395 e. The second-order valence-electron chi connectivity index (χ2n) is 5.80. The van der Waals surface area contributed by atoms with Gasteiger partial charge in [-0.1, -0.05) is 30.3 Å². The lowest BCUT2D eigenvalue weighted by molar-refractivity contribution is -0.137. The van der Waals surface area contributed by atoms with Gasteiger partial charge in [0, 0.05) is 22.6 Å². The Labute approximate surface area is 167 Å². The van der Waals surface area contributed by atoms with Crippen LogP contribution in [0.1, 0.15) is 5.56 Å². The van der Waals surface area contributed by atoms with Gasteiger partial charge in [-0.15, -0.1) is 0 Å². The number of hydrogen-bond donors (Lipinski definition) is 3. The highest BCUT2D eigenvalue weighted by molar-refractivity contribution is 9.10. The van der Waals surface area contributed by atoms with E-state index in [0.29, 0.717) is 23.1 Å². The molecule has 0 aliphatic heterocycles. The van der Waals surface area contributed by atoms with Gasteiger partial charge in [-0.05, 0) is 34.1 Å². The Kier molecular flexibility index (Phi) is 6.15. The molecule has 9 heteroatoms. The second kappa shape index (κ2) is 8.57. The highest BCUT2D eigenvalue weighted by Gasteiger charge is 2.30. The van der Waals surface area contributed by atoms with Gasteiger partial charge in [0.25, 0.3) is 0 Å². The van der Waals surface area contributed by atoms with Crippen LogP contribution in [-0.2, 0) is 6.18 Å². The maximum absolute atomic E-state index is 12.8. The molecule has 3 rings (SSSR count). The summed E-state index contributed by atoms with van der Waals surface area (Å²) in [6.45, 7) is 0.174. The number of aromatic nitrogens is 2. The molecule has 0 unspecified atom stereocenters. The number of rotatable bonds is 6. The van der Waals surface area contributed by atoms with Crippen molar-refractivity contribution < 1.29 is 18.3 Å². The number of aliphatic hydroxyl groups excluding tert-OH is 1. The molecule has 3 N–H and O–H groups in total. The molecule has 5 nitrogen and oxygen atoms in total. The van der Waals surface area contributed by atoms with E-state index in [1.165, 1.54) is 6.07 Å². The van der Waals surface area contributed by atoms with E-state index < -0.39 is 11.7 Å². The van der Waals surface area contributed by atoms with Crippen LogP contribution in [0.2, 0.25) is 0 Å². The molecule has 28 heavy (non-hydrogen) atoms. The first kappa shape index (κ1) is 20.1. The van der Waals surface area contributed by atoms with Crippen molar-refractivity contribution in [3.8, 4) is 11.3 Å². The van der Waals surface area contributed by atoms with Gasteiger partial charge in [0.05, 0.1) is 23.6 Å². The highest BCUT2D eigenvalue weighted by atomic mass is 79.9. The van der Waals surface area contributed by atoms with Crippen molar-refractivity contribution in [2.75, 3.05) is 23.8 Å². The first-order chi connectivity index (χ1) is 13.4. The first-order valence-electron chi connectivity index (χ1n) is 8.30. The van der Waals surface area contributed by atoms with Gasteiger partial charge in [-0.25, -0.2) is 4.98 Å². The maximum atomic E-state index is 12.8. The van der Waals surface area contributed by atoms with Crippen LogP contribution in [0.3, 0.4) is 0 Å². The van der Waals surface area contributed by atoms with Crippen LogP contribution in [-0.4, -0.2) is 28.2 Å². The van der Waals surface area contributed by atoms with Crippen molar-refractivity contribution in [3.05, 3.63) is 64.6 Å². The molecule has 0 aliphatic rings. The molecule has 2 aromatic carbocycles. The van der Waals surface area contributed by atoms with Crippen molar-refractivity contribution in [3.63, 3.8) is 0 Å². The van der Waals surface area contributed by atoms with E-state index in [9.17, 15) is 13.2 Å². The highest BCUT2D eigenvalue weighted by Crippen LogP contribution is 2.35. The van der Waals surface area contributed by atoms with Gasteiger partial charge in [0.1, 0.15) is 5.82 Å². The summed E-state index contributed by atoms with van der Waals surface area (Å²) in [5.74, 6) is 0.690. The number of alkyl halides is 3. The van der Waals surface area contributed by atoms with Crippen molar-refractivity contribution in [1.29, 1.82) is 0 Å². The van der Waals surface area contributed by atoms with E-state index >= 15 is 0 Å². The molecule has 0 aliphatic carbocycles. The quantitative estimate of drug-likeness (QED) is 0.486. The van der Waals surface area contributed by atoms with Gasteiger partial charge < -0.3 is 15.7 Å². The zero-order valence-electron chi connectivity index (χ0n) is 14.5. The number of nitrogens with one attached hydrogen (secondary N) is 2. The maximum Gasteiger partial charge on any atom is 0.416 e. The van der Waals surface area contributed by atoms with Gasteiger partial charge in [0.2, 0.25) is 5.95 Å². The Hall–Kier alpha value is -2.65. The Morgan fingerprint density at radius 2 is 1.75 bits per heavy atom. The molecule has 0 radical (unpaired) electrons. The van der Waals surface area contributed by atoms with Crippen molar-refractivity contribution in [2.24, 2.45) is 0 Å². The van der Waals surface area contributed by atoms with Crippen LogP contribution in [0.15, 0.2) is 59.1 Å². The molecule has 0 saturated heterocycles.